The van der Waals surface area contributed by atoms with Gasteiger partial charge in [-0.05, 0) is 5.56 Å². The first-order valence-electron chi connectivity index (χ1n) is 6.72. The van der Waals surface area contributed by atoms with Crippen LogP contribution in [0.25, 0.3) is 0 Å². The number of carbonyl (C=O) groups is 1. The Morgan fingerprint density at radius 1 is 1.33 bits per heavy atom. The van der Waals surface area contributed by atoms with Crippen molar-refractivity contribution in [2.24, 2.45) is 0 Å². The minimum absolute atomic E-state index is 0.225. The molecule has 0 unspecified atom stereocenters. The molecule has 2 aromatic rings. The molecule has 1 heterocycles. The third-order valence-corrected chi connectivity index (χ3v) is 2.95. The molecule has 2 N–H and O–H groups in total. The van der Waals surface area contributed by atoms with Crippen molar-refractivity contribution in [1.82, 2.24) is 15.5 Å². The van der Waals surface area contributed by atoms with E-state index in [1.165, 1.54) is 0 Å². The van der Waals surface area contributed by atoms with Crippen LogP contribution in [0.15, 0.2) is 34.9 Å². The van der Waals surface area contributed by atoms with E-state index in [2.05, 4.69) is 15.5 Å². The largest absolute Gasteiger partial charge is 0.480 e. The van der Waals surface area contributed by atoms with E-state index in [1.54, 1.807) is 24.3 Å². The number of aliphatic carboxylic acids is 1. The molecule has 1 aromatic heterocycles. The highest BCUT2D eigenvalue weighted by Crippen LogP contribution is 2.20. The van der Waals surface area contributed by atoms with Crippen LogP contribution in [0, 0.1) is 0 Å². The van der Waals surface area contributed by atoms with E-state index in [0.29, 0.717) is 17.3 Å². The minimum Gasteiger partial charge on any atom is -0.480 e. The molecule has 0 saturated heterocycles. The van der Waals surface area contributed by atoms with Gasteiger partial charge < -0.3 is 9.63 Å². The molecule has 0 fully saturated rings. The molecule has 1 aromatic carbocycles. The Bertz CT molecular complexity index is 602. The fourth-order valence-electron chi connectivity index (χ4n) is 1.82. The molecule has 0 radical (unpaired) electrons. The van der Waals surface area contributed by atoms with Crippen LogP contribution in [0.4, 0.5) is 0 Å². The molecule has 0 amide bonds. The van der Waals surface area contributed by atoms with E-state index in [-0.39, 0.29) is 12.0 Å². The van der Waals surface area contributed by atoms with Crippen molar-refractivity contribution in [3.8, 4) is 0 Å². The van der Waals surface area contributed by atoms with Gasteiger partial charge in [0.25, 0.3) is 0 Å². The highest BCUT2D eigenvalue weighted by molar-refractivity contribution is 5.75. The lowest BCUT2D eigenvalue weighted by Gasteiger charge is -2.13. The van der Waals surface area contributed by atoms with Crippen LogP contribution in [-0.4, -0.2) is 21.2 Å². The number of carboxylic acids is 1. The second-order valence-electron chi connectivity index (χ2n) is 5.83. The predicted octanol–water partition coefficient (Wildman–Crippen LogP) is 2.28. The number of rotatable bonds is 5. The molecular weight excluding hydrogens is 270 g/mol. The van der Waals surface area contributed by atoms with E-state index in [0.717, 1.165) is 0 Å². The van der Waals surface area contributed by atoms with Crippen molar-refractivity contribution in [3.05, 3.63) is 47.6 Å². The zero-order valence-corrected chi connectivity index (χ0v) is 12.3. The molecule has 0 bridgehead atoms. The molecule has 0 aliphatic rings. The Hall–Kier alpha value is -2.21. The molecule has 1 atom stereocenters. The first-order valence-corrected chi connectivity index (χ1v) is 6.72. The third kappa shape index (κ3) is 3.88. The van der Waals surface area contributed by atoms with Crippen molar-refractivity contribution < 1.29 is 14.4 Å². The molecule has 21 heavy (non-hydrogen) atoms. The number of hydrogen-bond acceptors (Lipinski definition) is 5. The van der Waals surface area contributed by atoms with Gasteiger partial charge >= 0.3 is 5.97 Å². The van der Waals surface area contributed by atoms with Crippen molar-refractivity contribution >= 4 is 5.97 Å². The topological polar surface area (TPSA) is 88.2 Å². The summed E-state index contributed by atoms with van der Waals surface area (Å²) in [7, 11) is 0. The first-order chi connectivity index (χ1) is 9.88. The maximum atomic E-state index is 11.4. The highest BCUT2D eigenvalue weighted by Gasteiger charge is 2.23. The van der Waals surface area contributed by atoms with E-state index in [9.17, 15) is 9.90 Å². The van der Waals surface area contributed by atoms with Gasteiger partial charge in [0, 0.05) is 5.41 Å². The van der Waals surface area contributed by atoms with Gasteiger partial charge in [-0.15, -0.1) is 0 Å². The Morgan fingerprint density at radius 2 is 2.00 bits per heavy atom. The average Bonchev–Trinajstić information content (AvgIpc) is 2.88. The lowest BCUT2D eigenvalue weighted by atomic mass is 9.97. The number of nitrogens with zero attached hydrogens (tertiary/aromatic N) is 2. The van der Waals surface area contributed by atoms with Crippen LogP contribution >= 0.6 is 0 Å². The fraction of sp³-hybridized carbons (Fsp3) is 0.400. The van der Waals surface area contributed by atoms with Crippen molar-refractivity contribution in [2.45, 2.75) is 38.8 Å². The monoisotopic (exact) mass is 289 g/mol. The summed E-state index contributed by atoms with van der Waals surface area (Å²) in [6.45, 7) is 6.15. The number of aromatic nitrogens is 2. The van der Waals surface area contributed by atoms with Crippen molar-refractivity contribution in [3.63, 3.8) is 0 Å². The van der Waals surface area contributed by atoms with Gasteiger partial charge in [0.1, 0.15) is 6.04 Å². The molecular formula is C15H19N3O3. The minimum atomic E-state index is -0.944. The van der Waals surface area contributed by atoms with Gasteiger partial charge in [-0.25, -0.2) is 0 Å². The van der Waals surface area contributed by atoms with Gasteiger partial charge in [-0.3, -0.25) is 10.1 Å². The van der Waals surface area contributed by atoms with Crippen LogP contribution in [-0.2, 0) is 16.8 Å². The Morgan fingerprint density at radius 3 is 2.52 bits per heavy atom. The van der Waals surface area contributed by atoms with Gasteiger partial charge in [0.2, 0.25) is 5.89 Å². The Kier molecular flexibility index (Phi) is 4.37. The zero-order chi connectivity index (χ0) is 15.5. The maximum absolute atomic E-state index is 11.4. The lowest BCUT2D eigenvalue weighted by Crippen LogP contribution is -2.28. The van der Waals surface area contributed by atoms with Gasteiger partial charge in [-0.2, -0.15) is 4.98 Å². The second-order valence-corrected chi connectivity index (χ2v) is 5.83. The summed E-state index contributed by atoms with van der Waals surface area (Å²) in [5.41, 5.74) is 0.459. The fourth-order valence-corrected chi connectivity index (χ4v) is 1.82. The summed E-state index contributed by atoms with van der Waals surface area (Å²) in [6, 6.07) is 8.18. The number of nitrogens with one attached hydrogen (secondary N) is 1. The van der Waals surface area contributed by atoms with E-state index in [1.807, 2.05) is 26.8 Å². The summed E-state index contributed by atoms with van der Waals surface area (Å²) in [4.78, 5) is 15.6. The van der Waals surface area contributed by atoms with E-state index >= 15 is 0 Å². The number of carboxylic acid groups (broad SMARTS) is 1. The lowest BCUT2D eigenvalue weighted by molar-refractivity contribution is -0.139. The molecule has 0 aliphatic heterocycles. The van der Waals surface area contributed by atoms with Gasteiger partial charge in [0.15, 0.2) is 5.82 Å². The van der Waals surface area contributed by atoms with Crippen LogP contribution in [0.1, 0.15) is 44.1 Å². The predicted molar refractivity (Wildman–Crippen MR) is 76.7 cm³/mol. The van der Waals surface area contributed by atoms with Crippen LogP contribution < -0.4 is 5.32 Å². The molecule has 6 heteroatoms. The standard InChI is InChI=1S/C15H19N3O3/c1-15(2,3)14-17-11(18-21-14)9-16-12(13(19)20)10-7-5-4-6-8-10/h4-8,12,16H,9H2,1-3H3,(H,19,20)/t12-/m0/s1. The highest BCUT2D eigenvalue weighted by atomic mass is 16.5. The molecule has 6 nitrogen and oxygen atoms in total. The van der Waals surface area contributed by atoms with E-state index in [4.69, 9.17) is 4.52 Å². The van der Waals surface area contributed by atoms with Crippen LogP contribution in [0.3, 0.4) is 0 Å². The summed E-state index contributed by atoms with van der Waals surface area (Å²) >= 11 is 0. The zero-order valence-electron chi connectivity index (χ0n) is 12.3. The summed E-state index contributed by atoms with van der Waals surface area (Å²) in [5.74, 6) is 0.0359. The second kappa shape index (κ2) is 6.05. The Balaban J connectivity index is 2.06. The quantitative estimate of drug-likeness (QED) is 0.878. The molecule has 0 saturated carbocycles. The smallest absolute Gasteiger partial charge is 0.325 e. The molecule has 0 aliphatic carbocycles. The number of hydrogen-bond donors (Lipinski definition) is 2. The molecule has 2 rings (SSSR count). The summed E-state index contributed by atoms with van der Waals surface area (Å²) < 4.78 is 5.18. The first kappa shape index (κ1) is 15.2. The van der Waals surface area contributed by atoms with Gasteiger partial charge in [0.05, 0.1) is 6.54 Å². The molecule has 0 spiro atoms. The third-order valence-electron chi connectivity index (χ3n) is 2.95. The van der Waals surface area contributed by atoms with Crippen molar-refractivity contribution in [2.75, 3.05) is 0 Å². The average molecular weight is 289 g/mol. The normalized spacial score (nSPS) is 13.1. The van der Waals surface area contributed by atoms with Crippen LogP contribution in [0.5, 0.6) is 0 Å². The summed E-state index contributed by atoms with van der Waals surface area (Å²) in [6.07, 6.45) is 0. The van der Waals surface area contributed by atoms with Gasteiger partial charge in [-0.1, -0.05) is 56.3 Å². The SMILES string of the molecule is CC(C)(C)c1nc(CN[C@H](C(=O)O)c2ccccc2)no1. The van der Waals surface area contributed by atoms with Crippen LogP contribution in [0.2, 0.25) is 0 Å². The maximum Gasteiger partial charge on any atom is 0.325 e. The summed E-state index contributed by atoms with van der Waals surface area (Å²) in [5, 5.41) is 16.1. The molecule has 112 valence electrons. The van der Waals surface area contributed by atoms with E-state index < -0.39 is 12.0 Å². The van der Waals surface area contributed by atoms with Crippen molar-refractivity contribution in [1.29, 1.82) is 0 Å². The Labute approximate surface area is 123 Å². The number of benzene rings is 1.